The number of pyridine rings is 1. The summed E-state index contributed by atoms with van der Waals surface area (Å²) < 4.78 is 8.66. The van der Waals surface area contributed by atoms with E-state index < -0.39 is 0 Å². The van der Waals surface area contributed by atoms with Crippen molar-refractivity contribution < 1.29 is 4.74 Å². The van der Waals surface area contributed by atoms with Crippen LogP contribution in [0.3, 0.4) is 0 Å². The minimum absolute atomic E-state index is 0.621. The number of imidazole rings is 1. The highest BCUT2D eigenvalue weighted by atomic mass is 79.9. The van der Waals surface area contributed by atoms with Crippen molar-refractivity contribution in [1.29, 1.82) is 0 Å². The molecule has 20 heavy (non-hydrogen) atoms. The van der Waals surface area contributed by atoms with Crippen molar-refractivity contribution in [3.05, 3.63) is 45.3 Å². The van der Waals surface area contributed by atoms with Crippen LogP contribution in [0, 0.1) is 11.7 Å². The van der Waals surface area contributed by atoms with E-state index in [9.17, 15) is 0 Å². The van der Waals surface area contributed by atoms with Crippen LogP contribution in [0.2, 0.25) is 0 Å². The molecule has 0 saturated heterocycles. The Kier molecular flexibility index (Phi) is 3.35. The molecule has 0 saturated carbocycles. The molecule has 2 heterocycles. The number of H-pyrrole nitrogens is 1. The standard InChI is InChI=1S/C14H12BrN3OS/c1-8-3-5-11-13(16-8)18(14(20)17-11)9-4-6-12(19-2)10(15)7-9/h3-7H,1-2H3,(H,17,20). The molecular formula is C14H12BrN3OS. The molecule has 0 bridgehead atoms. The number of aromatic amines is 1. The molecule has 6 heteroatoms. The molecule has 0 amide bonds. The number of nitrogens with one attached hydrogen (secondary N) is 1. The Labute approximate surface area is 129 Å². The van der Waals surface area contributed by atoms with Crippen LogP contribution in [0.25, 0.3) is 16.9 Å². The summed E-state index contributed by atoms with van der Waals surface area (Å²) in [6.45, 7) is 1.96. The fourth-order valence-corrected chi connectivity index (χ4v) is 2.94. The highest BCUT2D eigenvalue weighted by molar-refractivity contribution is 9.10. The minimum Gasteiger partial charge on any atom is -0.496 e. The second-order valence-electron chi connectivity index (χ2n) is 4.41. The molecule has 102 valence electrons. The number of fused-ring (bicyclic) bond motifs is 1. The van der Waals surface area contributed by atoms with Crippen LogP contribution >= 0.6 is 28.1 Å². The molecule has 1 aromatic carbocycles. The first-order chi connectivity index (χ1) is 9.60. The van der Waals surface area contributed by atoms with Gasteiger partial charge in [0, 0.05) is 5.69 Å². The van der Waals surface area contributed by atoms with Crippen LogP contribution in [-0.2, 0) is 0 Å². The third kappa shape index (κ3) is 2.14. The van der Waals surface area contributed by atoms with E-state index in [1.165, 1.54) is 0 Å². The molecule has 1 N–H and O–H groups in total. The fourth-order valence-electron chi connectivity index (χ4n) is 2.11. The highest BCUT2D eigenvalue weighted by Gasteiger charge is 2.10. The molecule has 2 aromatic heterocycles. The molecule has 0 unspecified atom stereocenters. The lowest BCUT2D eigenvalue weighted by Gasteiger charge is -2.08. The Morgan fingerprint density at radius 1 is 1.30 bits per heavy atom. The summed E-state index contributed by atoms with van der Waals surface area (Å²) in [7, 11) is 1.64. The zero-order valence-corrected chi connectivity index (χ0v) is 13.4. The Morgan fingerprint density at radius 3 is 2.80 bits per heavy atom. The predicted molar refractivity (Wildman–Crippen MR) is 85.2 cm³/mol. The van der Waals surface area contributed by atoms with Gasteiger partial charge in [-0.1, -0.05) is 0 Å². The van der Waals surface area contributed by atoms with Gasteiger partial charge in [0.25, 0.3) is 0 Å². The van der Waals surface area contributed by atoms with Gasteiger partial charge in [-0.3, -0.25) is 4.57 Å². The van der Waals surface area contributed by atoms with E-state index in [-0.39, 0.29) is 0 Å². The second kappa shape index (κ2) is 5.03. The number of halogens is 1. The first-order valence-corrected chi connectivity index (χ1v) is 7.22. The van der Waals surface area contributed by atoms with Gasteiger partial charge in [-0.25, -0.2) is 4.98 Å². The predicted octanol–water partition coefficient (Wildman–Crippen LogP) is 4.16. The maximum atomic E-state index is 5.40. The molecule has 3 rings (SSSR count). The first-order valence-electron chi connectivity index (χ1n) is 6.02. The third-order valence-electron chi connectivity index (χ3n) is 3.06. The van der Waals surface area contributed by atoms with Gasteiger partial charge < -0.3 is 9.72 Å². The number of hydrogen-bond donors (Lipinski definition) is 1. The summed E-state index contributed by atoms with van der Waals surface area (Å²) in [5, 5.41) is 0. The van der Waals surface area contributed by atoms with Crippen molar-refractivity contribution in [3.8, 4) is 11.4 Å². The summed E-state index contributed by atoms with van der Waals surface area (Å²) in [6.07, 6.45) is 0. The normalized spacial score (nSPS) is 10.9. The Balaban J connectivity index is 2.28. The number of methoxy groups -OCH3 is 1. The van der Waals surface area contributed by atoms with Crippen LogP contribution in [0.15, 0.2) is 34.8 Å². The van der Waals surface area contributed by atoms with Crippen LogP contribution in [0.5, 0.6) is 5.75 Å². The lowest BCUT2D eigenvalue weighted by atomic mass is 10.3. The Hall–Kier alpha value is -1.66. The van der Waals surface area contributed by atoms with Gasteiger partial charge in [0.1, 0.15) is 5.75 Å². The number of nitrogens with zero attached hydrogens (tertiary/aromatic N) is 2. The van der Waals surface area contributed by atoms with E-state index in [2.05, 4.69) is 25.9 Å². The molecule has 0 aliphatic rings. The molecule has 0 spiro atoms. The van der Waals surface area contributed by atoms with Crippen molar-refractivity contribution >= 4 is 39.3 Å². The van der Waals surface area contributed by atoms with E-state index in [4.69, 9.17) is 17.0 Å². The van der Waals surface area contributed by atoms with E-state index in [1.54, 1.807) is 7.11 Å². The summed E-state index contributed by atoms with van der Waals surface area (Å²) in [4.78, 5) is 7.73. The van der Waals surface area contributed by atoms with E-state index >= 15 is 0 Å². The van der Waals surface area contributed by atoms with Gasteiger partial charge >= 0.3 is 0 Å². The monoisotopic (exact) mass is 349 g/mol. The number of hydrogen-bond acceptors (Lipinski definition) is 3. The molecule has 0 aliphatic heterocycles. The molecule has 0 aliphatic carbocycles. The van der Waals surface area contributed by atoms with Crippen molar-refractivity contribution in [2.45, 2.75) is 6.92 Å². The first kappa shape index (κ1) is 13.3. The van der Waals surface area contributed by atoms with Crippen molar-refractivity contribution in [1.82, 2.24) is 14.5 Å². The quantitative estimate of drug-likeness (QED) is 0.706. The topological polar surface area (TPSA) is 42.8 Å². The van der Waals surface area contributed by atoms with Crippen molar-refractivity contribution in [2.24, 2.45) is 0 Å². The van der Waals surface area contributed by atoms with Gasteiger partial charge in [0.2, 0.25) is 0 Å². The largest absolute Gasteiger partial charge is 0.496 e. The van der Waals surface area contributed by atoms with E-state index in [1.807, 2.05) is 41.8 Å². The summed E-state index contributed by atoms with van der Waals surface area (Å²) in [5.41, 5.74) is 3.64. The average molecular weight is 350 g/mol. The summed E-state index contributed by atoms with van der Waals surface area (Å²) in [5.74, 6) is 0.782. The van der Waals surface area contributed by atoms with Gasteiger partial charge in [-0.05, 0) is 65.4 Å². The number of benzene rings is 1. The second-order valence-corrected chi connectivity index (χ2v) is 5.65. The van der Waals surface area contributed by atoms with Gasteiger partial charge in [-0.15, -0.1) is 0 Å². The number of rotatable bonds is 2. The van der Waals surface area contributed by atoms with Gasteiger partial charge in [0.05, 0.1) is 22.8 Å². The van der Waals surface area contributed by atoms with Crippen LogP contribution in [0.1, 0.15) is 5.69 Å². The lowest BCUT2D eigenvalue weighted by Crippen LogP contribution is -1.97. The number of aryl methyl sites for hydroxylation is 1. The lowest BCUT2D eigenvalue weighted by molar-refractivity contribution is 0.412. The Bertz CT molecular complexity index is 853. The van der Waals surface area contributed by atoms with E-state index in [0.29, 0.717) is 4.77 Å². The zero-order chi connectivity index (χ0) is 14.3. The van der Waals surface area contributed by atoms with Gasteiger partial charge in [0.15, 0.2) is 10.4 Å². The molecule has 0 radical (unpaired) electrons. The third-order valence-corrected chi connectivity index (χ3v) is 3.97. The maximum Gasteiger partial charge on any atom is 0.183 e. The molecule has 3 aromatic rings. The van der Waals surface area contributed by atoms with Crippen LogP contribution in [-0.4, -0.2) is 21.6 Å². The summed E-state index contributed by atoms with van der Waals surface area (Å²) in [6, 6.07) is 9.77. The maximum absolute atomic E-state index is 5.40. The highest BCUT2D eigenvalue weighted by Crippen LogP contribution is 2.28. The minimum atomic E-state index is 0.621. The van der Waals surface area contributed by atoms with Crippen LogP contribution < -0.4 is 4.74 Å². The van der Waals surface area contributed by atoms with Crippen molar-refractivity contribution in [3.63, 3.8) is 0 Å². The summed E-state index contributed by atoms with van der Waals surface area (Å²) >= 11 is 8.90. The van der Waals surface area contributed by atoms with E-state index in [0.717, 1.165) is 32.8 Å². The van der Waals surface area contributed by atoms with Gasteiger partial charge in [-0.2, -0.15) is 0 Å². The van der Waals surface area contributed by atoms with Crippen molar-refractivity contribution in [2.75, 3.05) is 7.11 Å². The smallest absolute Gasteiger partial charge is 0.183 e. The van der Waals surface area contributed by atoms with Crippen LogP contribution in [0.4, 0.5) is 0 Å². The molecule has 0 atom stereocenters. The fraction of sp³-hybridized carbons (Fsp3) is 0.143. The zero-order valence-electron chi connectivity index (χ0n) is 11.0. The SMILES string of the molecule is COc1ccc(-n2c(=S)[nH]c3ccc(C)nc32)cc1Br. The molecular weight excluding hydrogens is 338 g/mol. The average Bonchev–Trinajstić information content (AvgIpc) is 2.74. The number of aromatic nitrogens is 3. The Morgan fingerprint density at radius 2 is 2.10 bits per heavy atom. The molecule has 4 nitrogen and oxygen atoms in total. The molecule has 0 fully saturated rings. The number of ether oxygens (including phenoxy) is 1.